The Labute approximate surface area is 140 Å². The number of rotatable bonds is 5. The Bertz CT molecular complexity index is 596. The predicted molar refractivity (Wildman–Crippen MR) is 98.2 cm³/mol. The van der Waals surface area contributed by atoms with Crippen molar-refractivity contribution in [3.63, 3.8) is 0 Å². The van der Waals surface area contributed by atoms with Crippen LogP contribution in [0.1, 0.15) is 32.6 Å². The van der Waals surface area contributed by atoms with E-state index in [2.05, 4.69) is 24.3 Å². The highest BCUT2D eigenvalue weighted by Crippen LogP contribution is 2.33. The van der Waals surface area contributed by atoms with Gasteiger partial charge in [-0.25, -0.2) is 0 Å². The van der Waals surface area contributed by atoms with Crippen LogP contribution in [0.15, 0.2) is 23.1 Å². The molecule has 0 aromatic heterocycles. The van der Waals surface area contributed by atoms with Gasteiger partial charge in [0.2, 0.25) is 0 Å². The molecule has 1 aliphatic rings. The van der Waals surface area contributed by atoms with Gasteiger partial charge in [0.05, 0.1) is 4.92 Å². The van der Waals surface area contributed by atoms with Crippen molar-refractivity contribution in [1.82, 2.24) is 4.90 Å². The Morgan fingerprint density at radius 3 is 2.52 bits per heavy atom. The second-order valence-corrected chi connectivity index (χ2v) is 7.84. The van der Waals surface area contributed by atoms with E-state index in [1.807, 2.05) is 18.4 Å². The fraction of sp³-hybridized carbons (Fsp3) is 0.562. The summed E-state index contributed by atoms with van der Waals surface area (Å²) in [7, 11) is 3.66. The van der Waals surface area contributed by atoms with Crippen LogP contribution in [0.4, 0.5) is 11.4 Å². The zero-order chi connectivity index (χ0) is 17.0. The molecule has 1 unspecified atom stereocenters. The van der Waals surface area contributed by atoms with Gasteiger partial charge in [-0.1, -0.05) is 10.7 Å². The summed E-state index contributed by atoms with van der Waals surface area (Å²) in [4.78, 5) is 14.1. The molecule has 0 saturated heterocycles. The lowest BCUT2D eigenvalue weighted by molar-refractivity contribution is -0.384. The third-order valence-electron chi connectivity index (χ3n) is 4.48. The van der Waals surface area contributed by atoms with Crippen molar-refractivity contribution in [3.05, 3.63) is 28.3 Å². The molecule has 1 aromatic carbocycles. The van der Waals surface area contributed by atoms with E-state index in [0.717, 1.165) is 30.6 Å². The summed E-state index contributed by atoms with van der Waals surface area (Å²) in [5.74, 6) is 0. The summed E-state index contributed by atoms with van der Waals surface area (Å²) in [6.07, 6.45) is 4.30. The fourth-order valence-electron chi connectivity index (χ4n) is 3.02. The van der Waals surface area contributed by atoms with Crippen molar-refractivity contribution in [2.75, 3.05) is 19.4 Å². The lowest BCUT2D eigenvalue weighted by Crippen LogP contribution is -2.36. The first kappa shape index (κ1) is 17.9. The van der Waals surface area contributed by atoms with E-state index in [4.69, 9.17) is 5.14 Å². The number of nitrogens with zero attached hydrogens (tertiary/aromatic N) is 2. The van der Waals surface area contributed by atoms with Gasteiger partial charge in [-0.2, -0.15) is 0 Å². The van der Waals surface area contributed by atoms with E-state index < -0.39 is 10.7 Å². The molecule has 1 aromatic rings. The van der Waals surface area contributed by atoms with Gasteiger partial charge < -0.3 is 10.2 Å². The Kier molecular flexibility index (Phi) is 6.15. The normalized spacial score (nSPS) is 23.0. The van der Waals surface area contributed by atoms with Crippen LogP contribution < -0.4 is 10.5 Å². The molecule has 1 fully saturated rings. The Hall–Kier alpha value is -1.44. The summed E-state index contributed by atoms with van der Waals surface area (Å²) in [6, 6.07) is 6.18. The minimum absolute atomic E-state index is 0.113. The number of hydrogen-bond acceptors (Lipinski definition) is 5. The highest BCUT2D eigenvalue weighted by molar-refractivity contribution is 8.13. The largest absolute Gasteiger partial charge is 0.377 e. The van der Waals surface area contributed by atoms with Crippen LogP contribution in [0.2, 0.25) is 0 Å². The van der Waals surface area contributed by atoms with E-state index in [9.17, 15) is 10.1 Å². The molecule has 0 spiro atoms. The van der Waals surface area contributed by atoms with Crippen molar-refractivity contribution in [3.8, 4) is 0 Å². The average Bonchev–Trinajstić information content (AvgIpc) is 2.54. The summed E-state index contributed by atoms with van der Waals surface area (Å²) in [5, 5.41) is 22.6. The number of hydrogen-bond donors (Lipinski definition) is 2. The maximum Gasteiger partial charge on any atom is 0.293 e. The number of nitro benzene ring substituents is 1. The van der Waals surface area contributed by atoms with Gasteiger partial charge in [-0.15, -0.1) is 0 Å². The number of nitro groups is 1. The van der Waals surface area contributed by atoms with Crippen LogP contribution in [0.25, 0.3) is 0 Å². The fourth-order valence-corrected chi connectivity index (χ4v) is 3.77. The second-order valence-electron chi connectivity index (χ2n) is 6.16. The molecule has 0 radical (unpaired) electrons. The zero-order valence-corrected chi connectivity index (χ0v) is 14.8. The van der Waals surface area contributed by atoms with Gasteiger partial charge in [0, 0.05) is 23.0 Å². The Morgan fingerprint density at radius 2 is 2.00 bits per heavy atom. The average molecular weight is 338 g/mol. The maximum absolute atomic E-state index is 11.4. The van der Waals surface area contributed by atoms with Crippen LogP contribution in [-0.2, 0) is 0 Å². The molecule has 0 amide bonds. The number of anilines is 1. The molecule has 0 heterocycles. The molecule has 23 heavy (non-hydrogen) atoms. The van der Waals surface area contributed by atoms with E-state index in [-0.39, 0.29) is 10.6 Å². The van der Waals surface area contributed by atoms with Crippen molar-refractivity contribution < 1.29 is 4.92 Å². The highest BCUT2D eigenvalue weighted by atomic mass is 32.2. The second kappa shape index (κ2) is 7.90. The molecule has 1 aliphatic carbocycles. The first-order valence-corrected chi connectivity index (χ1v) is 9.26. The molecule has 128 valence electrons. The van der Waals surface area contributed by atoms with Crippen LogP contribution in [0, 0.1) is 10.1 Å². The molecule has 1 saturated carbocycles. The minimum Gasteiger partial charge on any atom is -0.377 e. The van der Waals surface area contributed by atoms with Crippen LogP contribution in [0.5, 0.6) is 0 Å². The van der Waals surface area contributed by atoms with Crippen molar-refractivity contribution in [2.24, 2.45) is 5.14 Å². The van der Waals surface area contributed by atoms with Gasteiger partial charge in [-0.05, 0) is 64.2 Å². The monoisotopic (exact) mass is 338 g/mol. The van der Waals surface area contributed by atoms with Crippen molar-refractivity contribution >= 4 is 27.4 Å². The lowest BCUT2D eigenvalue weighted by Gasteiger charge is -2.33. The highest BCUT2D eigenvalue weighted by Gasteiger charge is 2.24. The van der Waals surface area contributed by atoms with Crippen LogP contribution >= 0.6 is 10.7 Å². The van der Waals surface area contributed by atoms with Gasteiger partial charge in [0.15, 0.2) is 0 Å². The van der Waals surface area contributed by atoms with Gasteiger partial charge >= 0.3 is 0 Å². The smallest absolute Gasteiger partial charge is 0.293 e. The van der Waals surface area contributed by atoms with E-state index in [1.165, 1.54) is 0 Å². The van der Waals surface area contributed by atoms with Gasteiger partial charge in [-0.3, -0.25) is 15.3 Å². The molecular formula is C16H26N4O2S. The summed E-state index contributed by atoms with van der Waals surface area (Å²) >= 11 is 0. The molecule has 6 nitrogen and oxygen atoms in total. The minimum atomic E-state index is -0.555. The first-order chi connectivity index (χ1) is 10.9. The molecule has 7 heteroatoms. The Morgan fingerprint density at radius 1 is 1.35 bits per heavy atom. The number of nitrogens with two attached hydrogens (primary N) is 1. The maximum atomic E-state index is 11.4. The molecule has 3 N–H and O–H groups in total. The topological polar surface area (TPSA) is 84.4 Å². The zero-order valence-electron chi connectivity index (χ0n) is 14.0. The van der Waals surface area contributed by atoms with E-state index in [0.29, 0.717) is 17.8 Å². The molecule has 2 rings (SSSR count). The summed E-state index contributed by atoms with van der Waals surface area (Å²) in [6.45, 7) is 1.87. The molecular weight excluding hydrogens is 312 g/mol. The molecule has 1 atom stereocenters. The first-order valence-electron chi connectivity index (χ1n) is 7.90. The number of nitrogens with one attached hydrogen (secondary N) is 1. The summed E-state index contributed by atoms with van der Waals surface area (Å²) in [5.41, 5.74) is 0.710. The summed E-state index contributed by atoms with van der Waals surface area (Å²) < 4.78 is 0. The standard InChI is InChI=1S/C16H26N4O2S/c1-4-23(17)14-9-10-15(16(11-14)20(21)22)18-12-5-7-13(8-6-12)19(2)3/h4,9-13,18H,5-8,17H2,1-3H3. The number of benzene rings is 1. The third-order valence-corrected chi connectivity index (χ3v) is 5.78. The van der Waals surface area contributed by atoms with E-state index in [1.54, 1.807) is 12.1 Å². The molecule has 0 aliphatic heterocycles. The lowest BCUT2D eigenvalue weighted by atomic mass is 9.90. The Balaban J connectivity index is 2.12. The van der Waals surface area contributed by atoms with Crippen molar-refractivity contribution in [1.29, 1.82) is 0 Å². The SMILES string of the molecule is C/C=S(/N)c1ccc(NC2CCC(N(C)C)CC2)c([N+](=O)[O-])c1. The predicted octanol–water partition coefficient (Wildman–Crippen LogP) is 3.20. The quantitative estimate of drug-likeness (QED) is 0.489. The van der Waals surface area contributed by atoms with Crippen molar-refractivity contribution in [2.45, 2.75) is 49.6 Å². The van der Waals surface area contributed by atoms with Crippen LogP contribution in [0.3, 0.4) is 0 Å². The van der Waals surface area contributed by atoms with Gasteiger partial charge in [0.25, 0.3) is 5.69 Å². The van der Waals surface area contributed by atoms with Crippen LogP contribution in [-0.4, -0.2) is 41.4 Å². The third kappa shape index (κ3) is 4.53. The van der Waals surface area contributed by atoms with E-state index >= 15 is 0 Å². The van der Waals surface area contributed by atoms with Gasteiger partial charge in [0.1, 0.15) is 5.69 Å². The molecule has 0 bridgehead atoms.